The van der Waals surface area contributed by atoms with E-state index in [-0.39, 0.29) is 0 Å². The number of hydrogen-bond donors (Lipinski definition) is 1. The average Bonchev–Trinajstić information content (AvgIpc) is 3.40. The van der Waals surface area contributed by atoms with Crippen molar-refractivity contribution in [2.24, 2.45) is 5.92 Å². The molecule has 2 aliphatic carbocycles. The maximum atomic E-state index is 4.96. The molecule has 2 saturated carbocycles. The zero-order chi connectivity index (χ0) is 14.2. The Morgan fingerprint density at radius 3 is 2.86 bits per heavy atom. The monoisotopic (exact) mass is 284 g/mol. The standard InChI is InChI=1S/C17H24N4/c1-2-18-11-15-17(19-16-5-3-4-10-20(15)16)21(14-8-9-14)12-13-6-7-13/h3-5,10,13-14,18H,2,6-9,11-12H2,1H3. The predicted molar refractivity (Wildman–Crippen MR) is 85.7 cm³/mol. The highest BCUT2D eigenvalue weighted by atomic mass is 15.3. The quantitative estimate of drug-likeness (QED) is 0.848. The molecule has 0 bridgehead atoms. The third-order valence-corrected chi connectivity index (χ3v) is 4.56. The van der Waals surface area contributed by atoms with Crippen LogP contribution in [0.2, 0.25) is 0 Å². The van der Waals surface area contributed by atoms with Gasteiger partial charge in [-0.15, -0.1) is 0 Å². The number of pyridine rings is 1. The second-order valence-corrected chi connectivity index (χ2v) is 6.42. The third kappa shape index (κ3) is 2.64. The van der Waals surface area contributed by atoms with E-state index in [9.17, 15) is 0 Å². The fraction of sp³-hybridized carbons (Fsp3) is 0.588. The minimum atomic E-state index is 0.732. The second-order valence-electron chi connectivity index (χ2n) is 6.42. The fourth-order valence-electron chi connectivity index (χ4n) is 3.05. The van der Waals surface area contributed by atoms with Crippen LogP contribution in [0.3, 0.4) is 0 Å². The average molecular weight is 284 g/mol. The Morgan fingerprint density at radius 1 is 1.29 bits per heavy atom. The van der Waals surface area contributed by atoms with Gasteiger partial charge in [0.05, 0.1) is 5.69 Å². The lowest BCUT2D eigenvalue weighted by molar-refractivity contribution is 0.678. The molecule has 0 amide bonds. The van der Waals surface area contributed by atoms with Gasteiger partial charge in [-0.1, -0.05) is 13.0 Å². The molecule has 0 saturated heterocycles. The molecule has 0 spiro atoms. The van der Waals surface area contributed by atoms with E-state index < -0.39 is 0 Å². The molecule has 2 heterocycles. The van der Waals surface area contributed by atoms with Crippen LogP contribution < -0.4 is 10.2 Å². The zero-order valence-electron chi connectivity index (χ0n) is 12.8. The molecule has 0 aliphatic heterocycles. The summed E-state index contributed by atoms with van der Waals surface area (Å²) in [6.07, 6.45) is 7.61. The maximum absolute atomic E-state index is 4.96. The first-order valence-electron chi connectivity index (χ1n) is 8.30. The van der Waals surface area contributed by atoms with Crippen molar-refractivity contribution in [1.29, 1.82) is 0 Å². The second kappa shape index (κ2) is 5.34. The van der Waals surface area contributed by atoms with Crippen LogP contribution in [0.15, 0.2) is 24.4 Å². The molecule has 1 N–H and O–H groups in total. The number of hydrogen-bond acceptors (Lipinski definition) is 3. The minimum absolute atomic E-state index is 0.732. The maximum Gasteiger partial charge on any atom is 0.152 e. The smallest absolute Gasteiger partial charge is 0.152 e. The molecule has 2 aromatic rings. The highest BCUT2D eigenvalue weighted by molar-refractivity contribution is 5.57. The third-order valence-electron chi connectivity index (χ3n) is 4.56. The van der Waals surface area contributed by atoms with Gasteiger partial charge in [-0.05, 0) is 50.3 Å². The van der Waals surface area contributed by atoms with Gasteiger partial charge >= 0.3 is 0 Å². The summed E-state index contributed by atoms with van der Waals surface area (Å²) >= 11 is 0. The molecule has 2 fully saturated rings. The summed E-state index contributed by atoms with van der Waals surface area (Å²) in [5.74, 6) is 2.12. The summed E-state index contributed by atoms with van der Waals surface area (Å²) in [5.41, 5.74) is 2.39. The van der Waals surface area contributed by atoms with Crippen LogP contribution in [0, 0.1) is 5.92 Å². The van der Waals surface area contributed by atoms with Crippen LogP contribution in [-0.4, -0.2) is 28.5 Å². The first kappa shape index (κ1) is 13.1. The molecule has 4 rings (SSSR count). The topological polar surface area (TPSA) is 32.6 Å². The molecule has 4 nitrogen and oxygen atoms in total. The van der Waals surface area contributed by atoms with E-state index >= 15 is 0 Å². The Hall–Kier alpha value is -1.55. The molecular formula is C17H24N4. The van der Waals surface area contributed by atoms with Crippen molar-refractivity contribution in [3.8, 4) is 0 Å². The van der Waals surface area contributed by atoms with Crippen molar-refractivity contribution >= 4 is 11.5 Å². The molecule has 0 atom stereocenters. The number of rotatable bonds is 7. The van der Waals surface area contributed by atoms with Gasteiger partial charge in [-0.3, -0.25) is 0 Å². The van der Waals surface area contributed by atoms with Crippen LogP contribution in [0.4, 0.5) is 5.82 Å². The first-order chi connectivity index (χ1) is 10.4. The van der Waals surface area contributed by atoms with Gasteiger partial charge in [-0.25, -0.2) is 4.98 Å². The fourth-order valence-corrected chi connectivity index (χ4v) is 3.05. The van der Waals surface area contributed by atoms with Gasteiger partial charge in [0.15, 0.2) is 5.82 Å². The molecule has 4 heteroatoms. The van der Waals surface area contributed by atoms with E-state index in [0.717, 1.165) is 30.7 Å². The largest absolute Gasteiger partial charge is 0.352 e. The van der Waals surface area contributed by atoms with Gasteiger partial charge in [0, 0.05) is 25.3 Å². The zero-order valence-corrected chi connectivity index (χ0v) is 12.8. The molecule has 112 valence electrons. The number of imidazole rings is 1. The normalized spacial score (nSPS) is 18.3. The van der Waals surface area contributed by atoms with E-state index in [1.807, 2.05) is 0 Å². The van der Waals surface area contributed by atoms with Crippen LogP contribution in [0.1, 0.15) is 38.3 Å². The minimum Gasteiger partial charge on any atom is -0.352 e. The lowest BCUT2D eigenvalue weighted by Crippen LogP contribution is -2.30. The highest BCUT2D eigenvalue weighted by Gasteiger charge is 2.36. The number of nitrogens with zero attached hydrogens (tertiary/aromatic N) is 3. The van der Waals surface area contributed by atoms with E-state index in [4.69, 9.17) is 4.98 Å². The Kier molecular flexibility index (Phi) is 3.34. The predicted octanol–water partition coefficient (Wildman–Crippen LogP) is 2.82. The molecule has 2 aliphatic rings. The van der Waals surface area contributed by atoms with Crippen molar-refractivity contribution in [1.82, 2.24) is 14.7 Å². The van der Waals surface area contributed by atoms with Crippen molar-refractivity contribution in [2.45, 2.75) is 45.2 Å². The van der Waals surface area contributed by atoms with Gasteiger partial charge in [0.2, 0.25) is 0 Å². The molecule has 0 aromatic carbocycles. The lowest BCUT2D eigenvalue weighted by Gasteiger charge is -2.23. The van der Waals surface area contributed by atoms with Crippen LogP contribution in [0.5, 0.6) is 0 Å². The van der Waals surface area contributed by atoms with E-state index in [1.165, 1.54) is 43.7 Å². The van der Waals surface area contributed by atoms with Crippen molar-refractivity contribution in [3.05, 3.63) is 30.1 Å². The van der Waals surface area contributed by atoms with E-state index in [2.05, 4.69) is 45.9 Å². The summed E-state index contributed by atoms with van der Waals surface area (Å²) < 4.78 is 2.25. The van der Waals surface area contributed by atoms with Crippen molar-refractivity contribution < 1.29 is 0 Å². The van der Waals surface area contributed by atoms with Crippen molar-refractivity contribution in [2.75, 3.05) is 18.0 Å². The summed E-state index contributed by atoms with van der Waals surface area (Å²) in [5, 5.41) is 3.48. The summed E-state index contributed by atoms with van der Waals surface area (Å²) in [6, 6.07) is 7.01. The number of aromatic nitrogens is 2. The van der Waals surface area contributed by atoms with Gasteiger partial charge < -0.3 is 14.6 Å². The van der Waals surface area contributed by atoms with Crippen LogP contribution in [-0.2, 0) is 6.54 Å². The highest BCUT2D eigenvalue weighted by Crippen LogP contribution is 2.38. The summed E-state index contributed by atoms with van der Waals surface area (Å²) in [6.45, 7) is 5.25. The molecule has 21 heavy (non-hydrogen) atoms. The molecule has 0 radical (unpaired) electrons. The van der Waals surface area contributed by atoms with E-state index in [1.54, 1.807) is 0 Å². The van der Waals surface area contributed by atoms with Gasteiger partial charge in [0.1, 0.15) is 5.65 Å². The Bertz CT molecular complexity index is 625. The van der Waals surface area contributed by atoms with Gasteiger partial charge in [-0.2, -0.15) is 0 Å². The number of anilines is 1. The Balaban J connectivity index is 1.73. The van der Waals surface area contributed by atoms with Crippen LogP contribution >= 0.6 is 0 Å². The molecule has 0 unspecified atom stereocenters. The first-order valence-corrected chi connectivity index (χ1v) is 8.30. The Morgan fingerprint density at radius 2 is 2.14 bits per heavy atom. The van der Waals surface area contributed by atoms with Crippen molar-refractivity contribution in [3.63, 3.8) is 0 Å². The molecule has 2 aromatic heterocycles. The van der Waals surface area contributed by atoms with Gasteiger partial charge in [0.25, 0.3) is 0 Å². The summed E-state index contributed by atoms with van der Waals surface area (Å²) in [4.78, 5) is 7.55. The number of nitrogens with one attached hydrogen (secondary N) is 1. The lowest BCUT2D eigenvalue weighted by atomic mass is 10.3. The Labute approximate surface area is 126 Å². The number of fused-ring (bicyclic) bond motifs is 1. The van der Waals surface area contributed by atoms with Crippen LogP contribution in [0.25, 0.3) is 5.65 Å². The SMILES string of the molecule is CCNCc1c(N(CC2CC2)C2CC2)nc2ccccn12. The van der Waals surface area contributed by atoms with E-state index in [0.29, 0.717) is 0 Å². The summed E-state index contributed by atoms with van der Waals surface area (Å²) in [7, 11) is 0. The molecular weight excluding hydrogens is 260 g/mol.